The van der Waals surface area contributed by atoms with Crippen LogP contribution in [0.5, 0.6) is 0 Å². The molecule has 0 aromatic rings. The van der Waals surface area contributed by atoms with Gasteiger partial charge in [-0.2, -0.15) is 5.26 Å². The summed E-state index contributed by atoms with van der Waals surface area (Å²) in [6.07, 6.45) is 9.00. The highest BCUT2D eigenvalue weighted by atomic mass is 14.7. The molecule has 0 N–H and O–H groups in total. The van der Waals surface area contributed by atoms with Gasteiger partial charge < -0.3 is 0 Å². The van der Waals surface area contributed by atoms with E-state index in [0.717, 1.165) is 31.2 Å². The molecule has 0 aromatic carbocycles. The zero-order chi connectivity index (χ0) is 12.2. The monoisotopic (exact) mass is 222 g/mol. The Bertz CT molecular complexity index is 207. The molecule has 0 bridgehead atoms. The van der Waals surface area contributed by atoms with Crippen molar-refractivity contribution in [3.63, 3.8) is 0 Å². The van der Waals surface area contributed by atoms with Crippen LogP contribution in [0.2, 0.25) is 0 Å². The van der Waals surface area contributed by atoms with Crippen molar-refractivity contribution in [2.45, 2.75) is 59.3 Å². The van der Waals surface area contributed by atoms with Gasteiger partial charge >= 0.3 is 0 Å². The molecule has 1 aliphatic carbocycles. The Labute approximate surface area is 101 Å². The Morgan fingerprint density at radius 2 is 1.75 bits per heavy atom. The zero-order valence-corrected chi connectivity index (χ0v) is 11.1. The summed E-state index contributed by atoms with van der Waals surface area (Å²) in [6.45, 7) is 7.00. The highest BCUT2D eigenvalue weighted by Gasteiger charge is 2.20. The van der Waals surface area contributed by atoms with Gasteiger partial charge in [-0.1, -0.05) is 26.7 Å². The molecule has 92 valence electrons. The maximum atomic E-state index is 8.50. The molecule has 0 heterocycles. The first-order chi connectivity index (χ1) is 7.86. The summed E-state index contributed by atoms with van der Waals surface area (Å²) in [6, 6.07) is 2.24. The number of rotatable bonds is 4. The lowest BCUT2D eigenvalue weighted by Gasteiger charge is -2.26. The van der Waals surface area contributed by atoms with Crippen molar-refractivity contribution in [3.05, 3.63) is 0 Å². The average Bonchev–Trinajstić information content (AvgIpc) is 2.37. The maximum absolute atomic E-state index is 8.50. The highest BCUT2D eigenvalue weighted by Crippen LogP contribution is 2.31. The van der Waals surface area contributed by atoms with Gasteiger partial charge in [0.05, 0.1) is 6.07 Å². The van der Waals surface area contributed by atoms with Crippen LogP contribution in [0.4, 0.5) is 0 Å². The molecule has 0 unspecified atom stereocenters. The largest absolute Gasteiger partial charge is 0.298 e. The fourth-order valence-electron chi connectivity index (χ4n) is 2.23. The third-order valence-electron chi connectivity index (χ3n) is 3.18. The van der Waals surface area contributed by atoms with Crippen LogP contribution in [0.1, 0.15) is 59.3 Å². The Hall–Kier alpha value is -0.840. The number of hydrogen-bond donors (Lipinski definition) is 0. The van der Waals surface area contributed by atoms with E-state index in [2.05, 4.69) is 11.1 Å². The van der Waals surface area contributed by atoms with Crippen molar-refractivity contribution >= 4 is 6.21 Å². The predicted octanol–water partition coefficient (Wildman–Crippen LogP) is 4.21. The van der Waals surface area contributed by atoms with E-state index >= 15 is 0 Å². The average molecular weight is 222 g/mol. The summed E-state index contributed by atoms with van der Waals surface area (Å²) in [4.78, 5) is 4.31. The number of hydrogen-bond acceptors (Lipinski definition) is 2. The molecular weight excluding hydrogens is 196 g/mol. The van der Waals surface area contributed by atoms with Crippen molar-refractivity contribution < 1.29 is 0 Å². The first kappa shape index (κ1) is 15.2. The van der Waals surface area contributed by atoms with Gasteiger partial charge in [-0.05, 0) is 44.2 Å². The summed E-state index contributed by atoms with van der Waals surface area (Å²) in [5.74, 6) is 1.63. The van der Waals surface area contributed by atoms with E-state index in [4.69, 9.17) is 5.26 Å². The summed E-state index contributed by atoms with van der Waals surface area (Å²) < 4.78 is 0. The van der Waals surface area contributed by atoms with Crippen LogP contribution in [0.15, 0.2) is 4.99 Å². The van der Waals surface area contributed by atoms with Crippen LogP contribution in [0, 0.1) is 23.2 Å². The smallest absolute Gasteiger partial charge is 0.0621 e. The van der Waals surface area contributed by atoms with Crippen molar-refractivity contribution in [2.24, 2.45) is 16.8 Å². The summed E-state index contributed by atoms with van der Waals surface area (Å²) >= 11 is 0. The molecule has 0 atom stereocenters. The Morgan fingerprint density at radius 1 is 1.19 bits per heavy atom. The molecule has 2 nitrogen and oxygen atoms in total. The first-order valence-corrected chi connectivity index (χ1v) is 6.68. The van der Waals surface area contributed by atoms with Crippen LogP contribution < -0.4 is 0 Å². The third-order valence-corrected chi connectivity index (χ3v) is 3.18. The fourth-order valence-corrected chi connectivity index (χ4v) is 2.23. The SMILES string of the molecule is CC.CC=NCC1CCC(CCC#N)CC1. The molecular formula is C14H26N2. The lowest BCUT2D eigenvalue weighted by atomic mass is 9.80. The molecule has 16 heavy (non-hydrogen) atoms. The minimum Gasteiger partial charge on any atom is -0.298 e. The molecule has 0 aromatic heterocycles. The molecule has 0 aliphatic heterocycles. The topological polar surface area (TPSA) is 36.1 Å². The van der Waals surface area contributed by atoms with E-state index in [1.165, 1.54) is 25.7 Å². The van der Waals surface area contributed by atoms with E-state index in [0.29, 0.717) is 0 Å². The van der Waals surface area contributed by atoms with E-state index in [9.17, 15) is 0 Å². The van der Waals surface area contributed by atoms with Gasteiger partial charge in [0.15, 0.2) is 0 Å². The lowest BCUT2D eigenvalue weighted by Crippen LogP contribution is -2.16. The summed E-state index contributed by atoms with van der Waals surface area (Å²) in [5, 5.41) is 8.50. The molecule has 0 amide bonds. The van der Waals surface area contributed by atoms with Crippen molar-refractivity contribution in [3.8, 4) is 6.07 Å². The van der Waals surface area contributed by atoms with Gasteiger partial charge in [-0.25, -0.2) is 0 Å². The highest BCUT2D eigenvalue weighted by molar-refractivity contribution is 5.53. The first-order valence-electron chi connectivity index (χ1n) is 6.68. The molecule has 2 heteroatoms. The van der Waals surface area contributed by atoms with Crippen LogP contribution in [-0.2, 0) is 0 Å². The maximum Gasteiger partial charge on any atom is 0.0621 e. The van der Waals surface area contributed by atoms with Gasteiger partial charge in [0, 0.05) is 13.0 Å². The van der Waals surface area contributed by atoms with E-state index in [-0.39, 0.29) is 0 Å². The van der Waals surface area contributed by atoms with Gasteiger partial charge in [-0.3, -0.25) is 4.99 Å². The van der Waals surface area contributed by atoms with Gasteiger partial charge in [0.1, 0.15) is 0 Å². The third kappa shape index (κ3) is 6.61. The van der Waals surface area contributed by atoms with Crippen LogP contribution >= 0.6 is 0 Å². The number of nitriles is 1. The zero-order valence-electron chi connectivity index (χ0n) is 11.1. The second-order valence-corrected chi connectivity index (χ2v) is 4.21. The Morgan fingerprint density at radius 3 is 2.25 bits per heavy atom. The second-order valence-electron chi connectivity index (χ2n) is 4.21. The quantitative estimate of drug-likeness (QED) is 0.656. The molecule has 0 radical (unpaired) electrons. The summed E-state index contributed by atoms with van der Waals surface area (Å²) in [7, 11) is 0. The minimum absolute atomic E-state index is 0.739. The van der Waals surface area contributed by atoms with Crippen molar-refractivity contribution in [1.29, 1.82) is 5.26 Å². The number of nitrogens with zero attached hydrogens (tertiary/aromatic N) is 2. The van der Waals surface area contributed by atoms with Gasteiger partial charge in [0.2, 0.25) is 0 Å². The van der Waals surface area contributed by atoms with E-state index in [1.54, 1.807) is 0 Å². The van der Waals surface area contributed by atoms with Crippen molar-refractivity contribution in [1.82, 2.24) is 0 Å². The molecule has 1 fully saturated rings. The molecule has 1 saturated carbocycles. The van der Waals surface area contributed by atoms with Gasteiger partial charge in [-0.15, -0.1) is 0 Å². The normalized spacial score (nSPS) is 24.6. The molecule has 1 rings (SSSR count). The number of aliphatic imine (C=N–C) groups is 1. The standard InChI is InChI=1S/C12H20N2.C2H6/c1-2-14-10-12-7-5-11(6-8-12)4-3-9-13;1-2/h2,11-12H,3-8,10H2,1H3;1-2H3. The fraction of sp³-hybridized carbons (Fsp3) is 0.857. The minimum atomic E-state index is 0.739. The second kappa shape index (κ2) is 10.7. The lowest BCUT2D eigenvalue weighted by molar-refractivity contribution is 0.270. The van der Waals surface area contributed by atoms with Gasteiger partial charge in [0.25, 0.3) is 0 Å². The van der Waals surface area contributed by atoms with Crippen LogP contribution in [-0.4, -0.2) is 12.8 Å². The van der Waals surface area contributed by atoms with Crippen molar-refractivity contribution in [2.75, 3.05) is 6.54 Å². The van der Waals surface area contributed by atoms with E-state index in [1.807, 2.05) is 27.0 Å². The Kier molecular flexibility index (Phi) is 10.1. The molecule has 0 spiro atoms. The Balaban J connectivity index is 0.00000106. The molecule has 0 saturated heterocycles. The van der Waals surface area contributed by atoms with Crippen LogP contribution in [0.3, 0.4) is 0 Å². The molecule has 1 aliphatic rings. The summed E-state index contributed by atoms with van der Waals surface area (Å²) in [5.41, 5.74) is 0. The van der Waals surface area contributed by atoms with E-state index < -0.39 is 0 Å². The predicted molar refractivity (Wildman–Crippen MR) is 70.7 cm³/mol. The van der Waals surface area contributed by atoms with Crippen LogP contribution in [0.25, 0.3) is 0 Å².